The summed E-state index contributed by atoms with van der Waals surface area (Å²) >= 11 is 0. The lowest BCUT2D eigenvalue weighted by atomic mass is 9.95. The average molecular weight is 228 g/mol. The highest BCUT2D eigenvalue weighted by molar-refractivity contribution is 5.88. The lowest BCUT2D eigenvalue weighted by Gasteiger charge is -2.18. The van der Waals surface area contributed by atoms with Gasteiger partial charge in [0.05, 0.1) is 6.10 Å². The lowest BCUT2D eigenvalue weighted by molar-refractivity contribution is 0.239. The third-order valence-corrected chi connectivity index (χ3v) is 2.87. The molecule has 0 saturated heterocycles. The largest absolute Gasteiger partial charge is 0.491 e. The van der Waals surface area contributed by atoms with Gasteiger partial charge in [0.15, 0.2) is 0 Å². The standard InChI is InChI=1S/C16H20O/c1-11(2)16-14-8-6-5-7-13(14)9-10-15(16)17-12(3)4/h5-12H,1-4H3. The normalized spacial score (nSPS) is 11.4. The highest BCUT2D eigenvalue weighted by Crippen LogP contribution is 2.34. The molecule has 0 fully saturated rings. The van der Waals surface area contributed by atoms with Gasteiger partial charge in [0.2, 0.25) is 0 Å². The summed E-state index contributed by atoms with van der Waals surface area (Å²) in [6.07, 6.45) is 0.216. The fourth-order valence-corrected chi connectivity index (χ4v) is 2.23. The van der Waals surface area contributed by atoms with Gasteiger partial charge in [0.25, 0.3) is 0 Å². The van der Waals surface area contributed by atoms with Gasteiger partial charge in [-0.3, -0.25) is 0 Å². The Labute approximate surface area is 103 Å². The zero-order valence-corrected chi connectivity index (χ0v) is 11.0. The van der Waals surface area contributed by atoms with Crippen LogP contribution in [0.1, 0.15) is 39.2 Å². The first-order valence-electron chi connectivity index (χ1n) is 6.28. The zero-order chi connectivity index (χ0) is 12.4. The van der Waals surface area contributed by atoms with Crippen molar-refractivity contribution < 1.29 is 4.74 Å². The van der Waals surface area contributed by atoms with Crippen LogP contribution in [-0.2, 0) is 0 Å². The smallest absolute Gasteiger partial charge is 0.123 e. The maximum atomic E-state index is 5.91. The summed E-state index contributed by atoms with van der Waals surface area (Å²) in [5.74, 6) is 1.49. The molecule has 1 nitrogen and oxygen atoms in total. The molecule has 0 aromatic heterocycles. The summed E-state index contributed by atoms with van der Waals surface area (Å²) < 4.78 is 5.91. The molecule has 0 aliphatic heterocycles. The quantitative estimate of drug-likeness (QED) is 0.736. The second kappa shape index (κ2) is 4.79. The van der Waals surface area contributed by atoms with Crippen LogP contribution in [0.4, 0.5) is 0 Å². The van der Waals surface area contributed by atoms with Crippen molar-refractivity contribution in [2.75, 3.05) is 0 Å². The number of hydrogen-bond donors (Lipinski definition) is 0. The van der Waals surface area contributed by atoms with E-state index in [1.807, 2.05) is 0 Å². The first-order valence-corrected chi connectivity index (χ1v) is 6.28. The SMILES string of the molecule is CC(C)Oc1ccc2ccccc2c1C(C)C. The third-order valence-electron chi connectivity index (χ3n) is 2.87. The molecular formula is C16H20O. The van der Waals surface area contributed by atoms with E-state index in [-0.39, 0.29) is 6.10 Å². The molecule has 0 amide bonds. The molecule has 0 aliphatic carbocycles. The van der Waals surface area contributed by atoms with Crippen molar-refractivity contribution in [3.8, 4) is 5.75 Å². The number of rotatable bonds is 3. The van der Waals surface area contributed by atoms with Crippen LogP contribution in [0, 0.1) is 0 Å². The summed E-state index contributed by atoms with van der Waals surface area (Å²) in [7, 11) is 0. The van der Waals surface area contributed by atoms with Crippen LogP contribution in [0.15, 0.2) is 36.4 Å². The Hall–Kier alpha value is -1.50. The second-order valence-corrected chi connectivity index (χ2v) is 5.02. The van der Waals surface area contributed by atoms with Crippen LogP contribution in [-0.4, -0.2) is 6.10 Å². The Morgan fingerprint density at radius 1 is 0.882 bits per heavy atom. The molecule has 0 spiro atoms. The van der Waals surface area contributed by atoms with Gasteiger partial charge >= 0.3 is 0 Å². The van der Waals surface area contributed by atoms with E-state index >= 15 is 0 Å². The minimum absolute atomic E-state index is 0.216. The van der Waals surface area contributed by atoms with Crippen molar-refractivity contribution in [3.63, 3.8) is 0 Å². The van der Waals surface area contributed by atoms with Gasteiger partial charge in [0.1, 0.15) is 5.75 Å². The van der Waals surface area contributed by atoms with E-state index in [2.05, 4.69) is 64.1 Å². The Morgan fingerprint density at radius 3 is 2.24 bits per heavy atom. The Kier molecular flexibility index (Phi) is 3.37. The Morgan fingerprint density at radius 2 is 1.59 bits per heavy atom. The van der Waals surface area contributed by atoms with E-state index in [1.54, 1.807) is 0 Å². The fourth-order valence-electron chi connectivity index (χ4n) is 2.23. The minimum atomic E-state index is 0.216. The molecule has 2 aromatic carbocycles. The van der Waals surface area contributed by atoms with Gasteiger partial charge in [-0.05, 0) is 36.6 Å². The van der Waals surface area contributed by atoms with E-state index in [4.69, 9.17) is 4.74 Å². The predicted octanol–water partition coefficient (Wildman–Crippen LogP) is 4.75. The van der Waals surface area contributed by atoms with Crippen molar-refractivity contribution in [3.05, 3.63) is 42.0 Å². The van der Waals surface area contributed by atoms with E-state index in [1.165, 1.54) is 16.3 Å². The van der Waals surface area contributed by atoms with E-state index in [0.717, 1.165) is 5.75 Å². The van der Waals surface area contributed by atoms with Crippen molar-refractivity contribution >= 4 is 10.8 Å². The van der Waals surface area contributed by atoms with Crippen molar-refractivity contribution in [1.29, 1.82) is 0 Å². The molecule has 0 heterocycles. The molecule has 2 aromatic rings. The van der Waals surface area contributed by atoms with Crippen LogP contribution in [0.25, 0.3) is 10.8 Å². The van der Waals surface area contributed by atoms with E-state index < -0.39 is 0 Å². The molecule has 0 atom stereocenters. The van der Waals surface area contributed by atoms with Crippen LogP contribution in [0.3, 0.4) is 0 Å². The predicted molar refractivity (Wildman–Crippen MR) is 73.8 cm³/mol. The highest BCUT2D eigenvalue weighted by Gasteiger charge is 2.12. The molecule has 2 rings (SSSR count). The minimum Gasteiger partial charge on any atom is -0.491 e. The topological polar surface area (TPSA) is 9.23 Å². The maximum absolute atomic E-state index is 5.91. The van der Waals surface area contributed by atoms with Gasteiger partial charge in [-0.25, -0.2) is 0 Å². The molecule has 0 aliphatic rings. The number of fused-ring (bicyclic) bond motifs is 1. The molecule has 17 heavy (non-hydrogen) atoms. The van der Waals surface area contributed by atoms with Gasteiger partial charge in [-0.2, -0.15) is 0 Å². The van der Waals surface area contributed by atoms with Gasteiger partial charge in [0, 0.05) is 5.56 Å². The molecule has 0 radical (unpaired) electrons. The monoisotopic (exact) mass is 228 g/mol. The summed E-state index contributed by atoms with van der Waals surface area (Å²) in [5.41, 5.74) is 1.32. The zero-order valence-electron chi connectivity index (χ0n) is 11.0. The average Bonchev–Trinajstić information content (AvgIpc) is 2.27. The summed E-state index contributed by atoms with van der Waals surface area (Å²) in [4.78, 5) is 0. The van der Waals surface area contributed by atoms with Crippen molar-refractivity contribution in [2.24, 2.45) is 0 Å². The first kappa shape index (κ1) is 12.0. The first-order chi connectivity index (χ1) is 8.09. The second-order valence-electron chi connectivity index (χ2n) is 5.02. The van der Waals surface area contributed by atoms with Crippen molar-refractivity contribution in [1.82, 2.24) is 0 Å². The third kappa shape index (κ3) is 2.44. The number of ether oxygens (including phenoxy) is 1. The molecule has 0 saturated carbocycles. The molecular weight excluding hydrogens is 208 g/mol. The molecule has 0 unspecified atom stereocenters. The molecule has 0 bridgehead atoms. The molecule has 90 valence electrons. The lowest BCUT2D eigenvalue weighted by Crippen LogP contribution is -2.08. The van der Waals surface area contributed by atoms with Gasteiger partial charge in [-0.15, -0.1) is 0 Å². The maximum Gasteiger partial charge on any atom is 0.123 e. The number of hydrogen-bond acceptors (Lipinski definition) is 1. The number of benzene rings is 2. The van der Waals surface area contributed by atoms with Crippen molar-refractivity contribution in [2.45, 2.75) is 39.7 Å². The Bertz CT molecular complexity index is 512. The summed E-state index contributed by atoms with van der Waals surface area (Å²) in [6.45, 7) is 8.57. The van der Waals surface area contributed by atoms with Gasteiger partial charge in [-0.1, -0.05) is 44.2 Å². The van der Waals surface area contributed by atoms with Crippen LogP contribution in [0.2, 0.25) is 0 Å². The van der Waals surface area contributed by atoms with E-state index in [9.17, 15) is 0 Å². The molecule has 0 N–H and O–H groups in total. The van der Waals surface area contributed by atoms with Crippen LogP contribution < -0.4 is 4.74 Å². The van der Waals surface area contributed by atoms with Crippen LogP contribution >= 0.6 is 0 Å². The van der Waals surface area contributed by atoms with Crippen LogP contribution in [0.5, 0.6) is 5.75 Å². The highest BCUT2D eigenvalue weighted by atomic mass is 16.5. The van der Waals surface area contributed by atoms with E-state index in [0.29, 0.717) is 5.92 Å². The summed E-state index contributed by atoms with van der Waals surface area (Å²) in [5, 5.41) is 2.59. The fraction of sp³-hybridized carbons (Fsp3) is 0.375. The van der Waals surface area contributed by atoms with Gasteiger partial charge < -0.3 is 4.74 Å². The summed E-state index contributed by atoms with van der Waals surface area (Å²) in [6, 6.07) is 12.7. The molecule has 1 heteroatoms. The Balaban J connectivity index is 2.64.